The lowest BCUT2D eigenvalue weighted by atomic mass is 10.0. The molecular formula is C21H19FN2O3. The number of aryl methyl sites for hydroxylation is 1. The molecule has 27 heavy (non-hydrogen) atoms. The molecule has 5 nitrogen and oxygen atoms in total. The van der Waals surface area contributed by atoms with Crippen LogP contribution in [0.1, 0.15) is 18.7 Å². The Morgan fingerprint density at radius 2 is 1.74 bits per heavy atom. The van der Waals surface area contributed by atoms with Gasteiger partial charge in [0.25, 0.3) is 5.56 Å². The van der Waals surface area contributed by atoms with Gasteiger partial charge in [0.05, 0.1) is 24.1 Å². The lowest BCUT2D eigenvalue weighted by Crippen LogP contribution is -2.31. The average Bonchev–Trinajstić information content (AvgIpc) is 3.07. The Bertz CT molecular complexity index is 1070. The van der Waals surface area contributed by atoms with E-state index >= 15 is 0 Å². The molecule has 0 N–H and O–H groups in total. The number of fused-ring (bicyclic) bond motifs is 2. The SMILES string of the molecule is O=c1c2ccc(-c3ccc(F)cc3)cc2nc2n1CCC1(CC2)OCCO1. The third-order valence-electron chi connectivity index (χ3n) is 5.47. The lowest BCUT2D eigenvalue weighted by molar-refractivity contribution is -0.165. The van der Waals surface area contributed by atoms with E-state index in [1.54, 1.807) is 22.8 Å². The van der Waals surface area contributed by atoms with Crippen LogP contribution in [0.15, 0.2) is 47.3 Å². The fourth-order valence-electron chi connectivity index (χ4n) is 4.01. The molecule has 0 unspecified atom stereocenters. The van der Waals surface area contributed by atoms with E-state index in [1.165, 1.54) is 12.1 Å². The highest BCUT2D eigenvalue weighted by molar-refractivity contribution is 5.83. The topological polar surface area (TPSA) is 53.4 Å². The van der Waals surface area contributed by atoms with Crippen LogP contribution in [0.25, 0.3) is 22.0 Å². The molecule has 0 atom stereocenters. The molecule has 1 spiro atoms. The van der Waals surface area contributed by atoms with Crippen molar-refractivity contribution in [2.45, 2.75) is 31.6 Å². The molecular weight excluding hydrogens is 347 g/mol. The predicted molar refractivity (Wildman–Crippen MR) is 99.0 cm³/mol. The van der Waals surface area contributed by atoms with Crippen LogP contribution in [0.2, 0.25) is 0 Å². The maximum atomic E-state index is 13.2. The number of hydrogen-bond acceptors (Lipinski definition) is 4. The fourth-order valence-corrected chi connectivity index (χ4v) is 4.01. The van der Waals surface area contributed by atoms with Crippen molar-refractivity contribution in [2.24, 2.45) is 0 Å². The standard InChI is InChI=1S/C21H19FN2O3/c22-16-4-1-14(2-5-16)15-3-6-17-18(13-15)23-19-7-8-21(26-11-12-27-21)9-10-24(19)20(17)25/h1-6,13H,7-12H2. The Balaban J connectivity index is 1.58. The van der Waals surface area contributed by atoms with Crippen molar-refractivity contribution in [3.63, 3.8) is 0 Å². The summed E-state index contributed by atoms with van der Waals surface area (Å²) in [6.45, 7) is 1.74. The summed E-state index contributed by atoms with van der Waals surface area (Å²) in [6.07, 6.45) is 1.98. The van der Waals surface area contributed by atoms with Crippen molar-refractivity contribution in [2.75, 3.05) is 13.2 Å². The summed E-state index contributed by atoms with van der Waals surface area (Å²) in [4.78, 5) is 17.8. The zero-order chi connectivity index (χ0) is 18.4. The maximum absolute atomic E-state index is 13.2. The van der Waals surface area contributed by atoms with E-state index in [-0.39, 0.29) is 11.4 Å². The number of ether oxygens (including phenoxy) is 2. The minimum Gasteiger partial charge on any atom is -0.347 e. The van der Waals surface area contributed by atoms with Crippen molar-refractivity contribution >= 4 is 10.9 Å². The van der Waals surface area contributed by atoms with Gasteiger partial charge in [0.2, 0.25) is 0 Å². The number of hydrogen-bond donors (Lipinski definition) is 0. The Kier molecular flexibility index (Phi) is 3.84. The Morgan fingerprint density at radius 1 is 1.00 bits per heavy atom. The highest BCUT2D eigenvalue weighted by Gasteiger charge is 2.38. The summed E-state index contributed by atoms with van der Waals surface area (Å²) in [7, 11) is 0. The van der Waals surface area contributed by atoms with E-state index < -0.39 is 5.79 Å². The second kappa shape index (κ2) is 6.25. The Labute approximate surface area is 155 Å². The van der Waals surface area contributed by atoms with Gasteiger partial charge >= 0.3 is 0 Å². The summed E-state index contributed by atoms with van der Waals surface area (Å²) in [5.41, 5.74) is 2.43. The van der Waals surface area contributed by atoms with Crippen molar-refractivity contribution in [3.8, 4) is 11.1 Å². The molecule has 138 valence electrons. The smallest absolute Gasteiger partial charge is 0.261 e. The predicted octanol–water partition coefficient (Wildman–Crippen LogP) is 3.28. The van der Waals surface area contributed by atoms with Gasteiger partial charge in [0.15, 0.2) is 5.79 Å². The van der Waals surface area contributed by atoms with Gasteiger partial charge < -0.3 is 9.47 Å². The van der Waals surface area contributed by atoms with Gasteiger partial charge in [-0.3, -0.25) is 9.36 Å². The van der Waals surface area contributed by atoms with E-state index in [1.807, 2.05) is 12.1 Å². The molecule has 0 amide bonds. The molecule has 2 aliphatic rings. The van der Waals surface area contributed by atoms with Crippen LogP contribution >= 0.6 is 0 Å². The highest BCUT2D eigenvalue weighted by atomic mass is 19.1. The summed E-state index contributed by atoms with van der Waals surface area (Å²) >= 11 is 0. The highest BCUT2D eigenvalue weighted by Crippen LogP contribution is 2.32. The van der Waals surface area contributed by atoms with Crippen molar-refractivity contribution < 1.29 is 13.9 Å². The van der Waals surface area contributed by atoms with Crippen molar-refractivity contribution in [3.05, 3.63) is 64.5 Å². The van der Waals surface area contributed by atoms with Crippen LogP contribution in [-0.2, 0) is 22.4 Å². The molecule has 0 bridgehead atoms. The van der Waals surface area contributed by atoms with Crippen molar-refractivity contribution in [1.82, 2.24) is 9.55 Å². The molecule has 2 aromatic carbocycles. The van der Waals surface area contributed by atoms with Gasteiger partial charge in [-0.2, -0.15) is 0 Å². The molecule has 3 aromatic rings. The first-order valence-corrected chi connectivity index (χ1v) is 9.21. The second-order valence-electron chi connectivity index (χ2n) is 7.08. The monoisotopic (exact) mass is 366 g/mol. The number of benzene rings is 2. The van der Waals surface area contributed by atoms with Gasteiger partial charge in [0.1, 0.15) is 11.6 Å². The second-order valence-corrected chi connectivity index (χ2v) is 7.08. The first-order chi connectivity index (χ1) is 13.1. The van der Waals surface area contributed by atoms with Crippen LogP contribution in [0, 0.1) is 5.82 Å². The largest absolute Gasteiger partial charge is 0.347 e. The summed E-state index contributed by atoms with van der Waals surface area (Å²) < 4.78 is 26.6. The van der Waals surface area contributed by atoms with E-state index in [0.29, 0.717) is 49.9 Å². The van der Waals surface area contributed by atoms with Crippen LogP contribution in [0.4, 0.5) is 4.39 Å². The molecule has 1 fully saturated rings. The van der Waals surface area contributed by atoms with E-state index in [4.69, 9.17) is 14.5 Å². The molecule has 1 saturated heterocycles. The van der Waals surface area contributed by atoms with E-state index in [0.717, 1.165) is 17.0 Å². The Morgan fingerprint density at radius 3 is 2.52 bits per heavy atom. The van der Waals surface area contributed by atoms with Crippen LogP contribution in [0.3, 0.4) is 0 Å². The number of nitrogens with zero attached hydrogens (tertiary/aromatic N) is 2. The molecule has 3 heterocycles. The lowest BCUT2D eigenvalue weighted by Gasteiger charge is -2.24. The van der Waals surface area contributed by atoms with Crippen LogP contribution in [-0.4, -0.2) is 28.6 Å². The first-order valence-electron chi connectivity index (χ1n) is 9.21. The van der Waals surface area contributed by atoms with Crippen LogP contribution in [0.5, 0.6) is 0 Å². The normalized spacial score (nSPS) is 18.6. The van der Waals surface area contributed by atoms with Gasteiger partial charge in [-0.05, 0) is 35.4 Å². The summed E-state index contributed by atoms with van der Waals surface area (Å²) in [6, 6.07) is 11.9. The zero-order valence-corrected chi connectivity index (χ0v) is 14.8. The van der Waals surface area contributed by atoms with Gasteiger partial charge in [0, 0.05) is 25.8 Å². The maximum Gasteiger partial charge on any atom is 0.261 e. The summed E-state index contributed by atoms with van der Waals surface area (Å²) in [5.74, 6) is -0.0859. The quantitative estimate of drug-likeness (QED) is 0.663. The molecule has 2 aliphatic heterocycles. The van der Waals surface area contributed by atoms with Gasteiger partial charge in [-0.1, -0.05) is 18.2 Å². The molecule has 0 saturated carbocycles. The third kappa shape index (κ3) is 2.85. The first kappa shape index (κ1) is 16.6. The van der Waals surface area contributed by atoms with Crippen LogP contribution < -0.4 is 5.56 Å². The zero-order valence-electron chi connectivity index (χ0n) is 14.8. The molecule has 5 rings (SSSR count). The average molecular weight is 366 g/mol. The number of rotatable bonds is 1. The van der Waals surface area contributed by atoms with E-state index in [9.17, 15) is 9.18 Å². The van der Waals surface area contributed by atoms with Crippen molar-refractivity contribution in [1.29, 1.82) is 0 Å². The molecule has 0 radical (unpaired) electrons. The molecule has 6 heteroatoms. The third-order valence-corrected chi connectivity index (χ3v) is 5.47. The van der Waals surface area contributed by atoms with E-state index in [2.05, 4.69) is 0 Å². The number of halogens is 1. The molecule has 1 aromatic heterocycles. The fraction of sp³-hybridized carbons (Fsp3) is 0.333. The minimum atomic E-state index is -0.578. The van der Waals surface area contributed by atoms with Gasteiger partial charge in [-0.15, -0.1) is 0 Å². The minimum absolute atomic E-state index is 0.0318. The molecule has 0 aliphatic carbocycles. The Hall–Kier alpha value is -2.57. The number of aromatic nitrogens is 2. The van der Waals surface area contributed by atoms with Gasteiger partial charge in [-0.25, -0.2) is 9.37 Å². The summed E-state index contributed by atoms with van der Waals surface area (Å²) in [5, 5.41) is 0.592.